The van der Waals surface area contributed by atoms with Crippen molar-refractivity contribution in [3.8, 4) is 6.07 Å². The lowest BCUT2D eigenvalue weighted by Gasteiger charge is -2.13. The molecule has 1 aromatic rings. The number of rotatable bonds is 6. The molecule has 1 aromatic heterocycles. The summed E-state index contributed by atoms with van der Waals surface area (Å²) >= 11 is 0. The van der Waals surface area contributed by atoms with Crippen LogP contribution in [0.2, 0.25) is 0 Å². The Morgan fingerprint density at radius 3 is 2.59 bits per heavy atom. The predicted octanol–water partition coefficient (Wildman–Crippen LogP) is 2.90. The monoisotopic (exact) mass is 234 g/mol. The number of hydrogen-bond acceptors (Lipinski definition) is 3. The first-order chi connectivity index (χ1) is 8.10. The highest BCUT2D eigenvalue weighted by atomic mass is 15.4. The summed E-state index contributed by atoms with van der Waals surface area (Å²) < 4.78 is 2.00. The van der Waals surface area contributed by atoms with Gasteiger partial charge in [0, 0.05) is 0 Å². The quantitative estimate of drug-likeness (QED) is 0.760. The molecule has 0 fully saturated rings. The Labute approximate surface area is 104 Å². The third-order valence-corrected chi connectivity index (χ3v) is 3.08. The van der Waals surface area contributed by atoms with Crippen molar-refractivity contribution < 1.29 is 0 Å². The van der Waals surface area contributed by atoms with E-state index in [1.165, 1.54) is 0 Å². The fourth-order valence-electron chi connectivity index (χ4n) is 1.77. The van der Waals surface area contributed by atoms with Crippen LogP contribution in [0.4, 0.5) is 0 Å². The minimum Gasteiger partial charge on any atom is -0.246 e. The SMILES string of the molecule is CCC(C)n1nnc(CC#N)c1CCC(C)C. The van der Waals surface area contributed by atoms with Gasteiger partial charge in [0.05, 0.1) is 29.9 Å². The summed E-state index contributed by atoms with van der Waals surface area (Å²) in [5.74, 6) is 0.658. The van der Waals surface area contributed by atoms with Gasteiger partial charge in [-0.25, -0.2) is 4.68 Å². The molecule has 0 aliphatic rings. The first-order valence-electron chi connectivity index (χ1n) is 6.40. The first-order valence-corrected chi connectivity index (χ1v) is 6.40. The molecule has 0 amide bonds. The molecule has 1 rings (SSSR count). The second-order valence-electron chi connectivity index (χ2n) is 4.95. The molecule has 0 N–H and O–H groups in total. The van der Waals surface area contributed by atoms with E-state index < -0.39 is 0 Å². The highest BCUT2D eigenvalue weighted by Crippen LogP contribution is 2.18. The van der Waals surface area contributed by atoms with Gasteiger partial charge >= 0.3 is 0 Å². The standard InChI is InChI=1S/C13H22N4/c1-5-11(4)17-13(7-6-10(2)3)12(8-9-14)15-16-17/h10-11H,5-8H2,1-4H3. The van der Waals surface area contributed by atoms with Gasteiger partial charge in [0.25, 0.3) is 0 Å². The Morgan fingerprint density at radius 1 is 1.35 bits per heavy atom. The van der Waals surface area contributed by atoms with Crippen molar-refractivity contribution in [1.29, 1.82) is 5.26 Å². The molecule has 0 aliphatic carbocycles. The molecular formula is C13H22N4. The maximum atomic E-state index is 8.80. The Hall–Kier alpha value is -1.37. The smallest absolute Gasteiger partial charge is 0.0999 e. The average Bonchev–Trinajstić information content (AvgIpc) is 2.69. The van der Waals surface area contributed by atoms with E-state index in [1.54, 1.807) is 0 Å². The van der Waals surface area contributed by atoms with Gasteiger partial charge in [-0.15, -0.1) is 5.10 Å². The Balaban J connectivity index is 2.93. The normalized spacial score (nSPS) is 12.7. The molecular weight excluding hydrogens is 212 g/mol. The number of nitriles is 1. The van der Waals surface area contributed by atoms with Crippen molar-refractivity contribution in [2.24, 2.45) is 5.92 Å². The predicted molar refractivity (Wildman–Crippen MR) is 67.5 cm³/mol. The fraction of sp³-hybridized carbons (Fsp3) is 0.769. The Morgan fingerprint density at radius 2 is 2.06 bits per heavy atom. The molecule has 0 radical (unpaired) electrons. The lowest BCUT2D eigenvalue weighted by atomic mass is 10.0. The summed E-state index contributed by atoms with van der Waals surface area (Å²) in [6.45, 7) is 8.70. The van der Waals surface area contributed by atoms with Crippen molar-refractivity contribution in [1.82, 2.24) is 15.0 Å². The van der Waals surface area contributed by atoms with E-state index in [0.29, 0.717) is 18.4 Å². The zero-order valence-corrected chi connectivity index (χ0v) is 11.3. The fourth-order valence-corrected chi connectivity index (χ4v) is 1.77. The van der Waals surface area contributed by atoms with Crippen LogP contribution in [-0.4, -0.2) is 15.0 Å². The molecule has 1 atom stereocenters. The molecule has 0 saturated heterocycles. The Kier molecular flexibility index (Phi) is 5.14. The lowest BCUT2D eigenvalue weighted by molar-refractivity contribution is 0.439. The van der Waals surface area contributed by atoms with E-state index in [0.717, 1.165) is 30.7 Å². The average molecular weight is 234 g/mol. The topological polar surface area (TPSA) is 54.5 Å². The summed E-state index contributed by atoms with van der Waals surface area (Å²) in [5.41, 5.74) is 2.00. The summed E-state index contributed by atoms with van der Waals surface area (Å²) in [5, 5.41) is 17.1. The molecule has 0 spiro atoms. The zero-order chi connectivity index (χ0) is 12.8. The number of nitrogens with zero attached hydrogens (tertiary/aromatic N) is 4. The van der Waals surface area contributed by atoms with Gasteiger partial charge in [0.15, 0.2) is 0 Å². The first kappa shape index (κ1) is 13.7. The van der Waals surface area contributed by atoms with Crippen molar-refractivity contribution in [2.75, 3.05) is 0 Å². The van der Waals surface area contributed by atoms with Crippen LogP contribution >= 0.6 is 0 Å². The molecule has 1 heterocycles. The van der Waals surface area contributed by atoms with Crippen LogP contribution in [-0.2, 0) is 12.8 Å². The van der Waals surface area contributed by atoms with Gasteiger partial charge in [-0.2, -0.15) is 5.26 Å². The molecule has 0 aromatic carbocycles. The number of hydrogen-bond donors (Lipinski definition) is 0. The molecule has 4 nitrogen and oxygen atoms in total. The van der Waals surface area contributed by atoms with E-state index in [4.69, 9.17) is 5.26 Å². The van der Waals surface area contributed by atoms with Gasteiger partial charge in [-0.1, -0.05) is 26.0 Å². The molecule has 1 unspecified atom stereocenters. The second kappa shape index (κ2) is 6.39. The minimum absolute atomic E-state index is 0.358. The highest BCUT2D eigenvalue weighted by molar-refractivity contribution is 5.15. The third-order valence-electron chi connectivity index (χ3n) is 3.08. The van der Waals surface area contributed by atoms with Crippen LogP contribution in [0.1, 0.15) is 58.0 Å². The molecule has 0 aliphatic heterocycles. The Bertz CT molecular complexity index is 387. The molecule has 0 saturated carbocycles. The summed E-state index contributed by atoms with van der Waals surface area (Å²) in [6, 6.07) is 2.52. The van der Waals surface area contributed by atoms with Gasteiger partial charge in [0.1, 0.15) is 0 Å². The second-order valence-corrected chi connectivity index (χ2v) is 4.95. The van der Waals surface area contributed by atoms with Crippen LogP contribution in [0.15, 0.2) is 0 Å². The van der Waals surface area contributed by atoms with Crippen molar-refractivity contribution >= 4 is 0 Å². The van der Waals surface area contributed by atoms with E-state index in [-0.39, 0.29) is 0 Å². The van der Waals surface area contributed by atoms with Gasteiger partial charge in [-0.05, 0) is 32.1 Å². The van der Waals surface area contributed by atoms with Crippen LogP contribution in [0.3, 0.4) is 0 Å². The molecule has 94 valence electrons. The van der Waals surface area contributed by atoms with Gasteiger partial charge < -0.3 is 0 Å². The van der Waals surface area contributed by atoms with E-state index >= 15 is 0 Å². The minimum atomic E-state index is 0.358. The highest BCUT2D eigenvalue weighted by Gasteiger charge is 2.16. The maximum Gasteiger partial charge on any atom is 0.0999 e. The van der Waals surface area contributed by atoms with E-state index in [9.17, 15) is 0 Å². The van der Waals surface area contributed by atoms with Crippen LogP contribution in [0.5, 0.6) is 0 Å². The van der Waals surface area contributed by atoms with Crippen molar-refractivity contribution in [2.45, 2.75) is 59.4 Å². The third kappa shape index (κ3) is 3.55. The molecule has 0 bridgehead atoms. The number of aromatic nitrogens is 3. The van der Waals surface area contributed by atoms with E-state index in [1.807, 2.05) is 4.68 Å². The molecule has 4 heteroatoms. The largest absolute Gasteiger partial charge is 0.246 e. The van der Waals surface area contributed by atoms with Crippen LogP contribution < -0.4 is 0 Å². The van der Waals surface area contributed by atoms with Crippen molar-refractivity contribution in [3.05, 3.63) is 11.4 Å². The van der Waals surface area contributed by atoms with Gasteiger partial charge in [-0.3, -0.25) is 0 Å². The summed E-state index contributed by atoms with van der Waals surface area (Å²) in [6.07, 6.45) is 3.47. The molecule has 17 heavy (non-hydrogen) atoms. The maximum absolute atomic E-state index is 8.80. The lowest BCUT2D eigenvalue weighted by Crippen LogP contribution is -2.11. The van der Waals surface area contributed by atoms with Crippen LogP contribution in [0.25, 0.3) is 0 Å². The van der Waals surface area contributed by atoms with Gasteiger partial charge in [0.2, 0.25) is 0 Å². The summed E-state index contributed by atoms with van der Waals surface area (Å²) in [7, 11) is 0. The van der Waals surface area contributed by atoms with Crippen molar-refractivity contribution in [3.63, 3.8) is 0 Å². The van der Waals surface area contributed by atoms with E-state index in [2.05, 4.69) is 44.1 Å². The summed E-state index contributed by atoms with van der Waals surface area (Å²) in [4.78, 5) is 0. The van der Waals surface area contributed by atoms with Crippen LogP contribution in [0, 0.1) is 17.2 Å². The zero-order valence-electron chi connectivity index (χ0n) is 11.3.